The number of methoxy groups -OCH3 is 1. The smallest absolute Gasteiger partial charge is 0.410 e. The van der Waals surface area contributed by atoms with Crippen molar-refractivity contribution >= 4 is 17.9 Å². The minimum atomic E-state index is -0.494. The molecule has 1 fully saturated rings. The second-order valence-electron chi connectivity index (χ2n) is 6.13. The summed E-state index contributed by atoms with van der Waals surface area (Å²) in [4.78, 5) is 29.0. The van der Waals surface area contributed by atoms with E-state index in [1.54, 1.807) is 23.1 Å². The first-order chi connectivity index (χ1) is 10.3. The van der Waals surface area contributed by atoms with Crippen LogP contribution in [-0.2, 0) is 9.47 Å². The normalized spacial score (nSPS) is 15.0. The average Bonchev–Trinajstić information content (AvgIpc) is 2.39. The number of anilines is 1. The third kappa shape index (κ3) is 4.09. The largest absolute Gasteiger partial charge is 0.464 e. The van der Waals surface area contributed by atoms with Gasteiger partial charge in [0.25, 0.3) is 0 Å². The van der Waals surface area contributed by atoms with Gasteiger partial charge in [-0.05, 0) is 32.9 Å². The summed E-state index contributed by atoms with van der Waals surface area (Å²) in [7, 11) is 1.31. The number of aromatic nitrogens is 1. The Hall–Kier alpha value is -2.31. The fraction of sp³-hybridized carbons (Fsp3) is 0.533. The number of amides is 1. The number of hydrogen-bond acceptors (Lipinski definition) is 6. The highest BCUT2D eigenvalue weighted by Gasteiger charge is 2.33. The maximum absolute atomic E-state index is 11.8. The summed E-state index contributed by atoms with van der Waals surface area (Å²) in [5.41, 5.74) is -0.248. The fourth-order valence-electron chi connectivity index (χ4n) is 1.99. The molecule has 0 saturated carbocycles. The van der Waals surface area contributed by atoms with Crippen molar-refractivity contribution in [3.05, 3.63) is 23.9 Å². The Bertz CT molecular complexity index is 562. The van der Waals surface area contributed by atoms with Gasteiger partial charge in [0, 0.05) is 13.1 Å². The van der Waals surface area contributed by atoms with Gasteiger partial charge in [0.2, 0.25) is 0 Å². The summed E-state index contributed by atoms with van der Waals surface area (Å²) in [6.07, 6.45) is -0.318. The summed E-state index contributed by atoms with van der Waals surface area (Å²) in [5.74, 6) is 0.101. The third-order valence-corrected chi connectivity index (χ3v) is 3.03. The van der Waals surface area contributed by atoms with Crippen molar-refractivity contribution in [2.24, 2.45) is 0 Å². The van der Waals surface area contributed by atoms with E-state index in [1.807, 2.05) is 20.8 Å². The van der Waals surface area contributed by atoms with Gasteiger partial charge in [-0.25, -0.2) is 14.6 Å². The fourth-order valence-corrected chi connectivity index (χ4v) is 1.99. The summed E-state index contributed by atoms with van der Waals surface area (Å²) < 4.78 is 9.92. The number of nitrogens with one attached hydrogen (secondary N) is 1. The molecule has 1 N–H and O–H groups in total. The molecule has 7 nitrogen and oxygen atoms in total. The van der Waals surface area contributed by atoms with E-state index in [4.69, 9.17) is 4.74 Å². The van der Waals surface area contributed by atoms with Gasteiger partial charge in [0.1, 0.15) is 11.4 Å². The third-order valence-electron chi connectivity index (χ3n) is 3.03. The molecule has 2 rings (SSSR count). The van der Waals surface area contributed by atoms with Gasteiger partial charge >= 0.3 is 12.1 Å². The van der Waals surface area contributed by atoms with E-state index < -0.39 is 11.6 Å². The number of hydrogen-bond donors (Lipinski definition) is 1. The van der Waals surface area contributed by atoms with Gasteiger partial charge in [-0.3, -0.25) is 0 Å². The van der Waals surface area contributed by atoms with Crippen LogP contribution in [0.2, 0.25) is 0 Å². The Kier molecular flexibility index (Phi) is 4.54. The molecule has 120 valence electrons. The van der Waals surface area contributed by atoms with Crippen LogP contribution in [0.1, 0.15) is 31.3 Å². The lowest BCUT2D eigenvalue weighted by molar-refractivity contribution is 0.0104. The lowest BCUT2D eigenvalue weighted by Gasteiger charge is -2.40. The van der Waals surface area contributed by atoms with E-state index in [9.17, 15) is 9.59 Å². The second-order valence-corrected chi connectivity index (χ2v) is 6.13. The molecule has 1 aromatic heterocycles. The van der Waals surface area contributed by atoms with Gasteiger partial charge in [0.15, 0.2) is 5.69 Å². The molecule has 7 heteroatoms. The Balaban J connectivity index is 1.85. The Morgan fingerprint density at radius 1 is 1.32 bits per heavy atom. The lowest BCUT2D eigenvalue weighted by atomic mass is 10.1. The van der Waals surface area contributed by atoms with Crippen LogP contribution >= 0.6 is 0 Å². The van der Waals surface area contributed by atoms with Crippen molar-refractivity contribution in [1.29, 1.82) is 0 Å². The molecule has 0 spiro atoms. The van der Waals surface area contributed by atoms with Crippen LogP contribution in [-0.4, -0.2) is 53.8 Å². The van der Waals surface area contributed by atoms with Gasteiger partial charge < -0.3 is 19.7 Å². The van der Waals surface area contributed by atoms with Crippen molar-refractivity contribution < 1.29 is 19.1 Å². The number of pyridine rings is 1. The molecule has 0 radical (unpaired) electrons. The minimum Gasteiger partial charge on any atom is -0.464 e. The highest BCUT2D eigenvalue weighted by molar-refractivity contribution is 5.87. The number of esters is 1. The molecule has 0 aromatic carbocycles. The van der Waals surface area contributed by atoms with Crippen LogP contribution in [0.5, 0.6) is 0 Å². The molecule has 22 heavy (non-hydrogen) atoms. The predicted octanol–water partition coefficient (Wildman–Crippen LogP) is 1.90. The SMILES string of the molecule is COC(=O)c1cccc(NC2CN(C(=O)OC(C)(C)C)C2)n1. The van der Waals surface area contributed by atoms with Crippen LogP contribution in [0.15, 0.2) is 18.2 Å². The molecule has 1 saturated heterocycles. The molecule has 0 aliphatic carbocycles. The molecular weight excluding hydrogens is 286 g/mol. The molecule has 1 aliphatic heterocycles. The van der Waals surface area contributed by atoms with Crippen molar-refractivity contribution in [1.82, 2.24) is 9.88 Å². The summed E-state index contributed by atoms with van der Waals surface area (Å²) in [6.45, 7) is 6.59. The summed E-state index contributed by atoms with van der Waals surface area (Å²) in [5, 5.41) is 3.18. The maximum atomic E-state index is 11.8. The molecule has 1 aromatic rings. The average molecular weight is 307 g/mol. The molecule has 0 atom stereocenters. The second kappa shape index (κ2) is 6.21. The number of likely N-dealkylation sites (tertiary alicyclic amines) is 1. The summed E-state index contributed by atoms with van der Waals surface area (Å²) >= 11 is 0. The van der Waals surface area contributed by atoms with E-state index in [-0.39, 0.29) is 17.8 Å². The quantitative estimate of drug-likeness (QED) is 0.859. The van der Waals surface area contributed by atoms with Crippen LogP contribution in [0.3, 0.4) is 0 Å². The maximum Gasteiger partial charge on any atom is 0.410 e. The van der Waals surface area contributed by atoms with Gasteiger partial charge in [-0.15, -0.1) is 0 Å². The molecule has 1 amide bonds. The first kappa shape index (κ1) is 16.1. The number of nitrogens with zero attached hydrogens (tertiary/aromatic N) is 2. The molecule has 0 bridgehead atoms. The molecule has 1 aliphatic rings. The van der Waals surface area contributed by atoms with Crippen molar-refractivity contribution in [2.75, 3.05) is 25.5 Å². The van der Waals surface area contributed by atoms with Crippen LogP contribution in [0, 0.1) is 0 Å². The van der Waals surface area contributed by atoms with Crippen LogP contribution in [0.25, 0.3) is 0 Å². The van der Waals surface area contributed by atoms with Crippen LogP contribution < -0.4 is 5.32 Å². The molecule has 0 unspecified atom stereocenters. The summed E-state index contributed by atoms with van der Waals surface area (Å²) in [6, 6.07) is 5.17. The lowest BCUT2D eigenvalue weighted by Crippen LogP contribution is -2.58. The topological polar surface area (TPSA) is 80.8 Å². The van der Waals surface area contributed by atoms with Crippen molar-refractivity contribution in [3.63, 3.8) is 0 Å². The van der Waals surface area contributed by atoms with E-state index in [2.05, 4.69) is 15.0 Å². The number of ether oxygens (including phenoxy) is 2. The highest BCUT2D eigenvalue weighted by Crippen LogP contribution is 2.18. The standard InChI is InChI=1S/C15H21N3O4/c1-15(2,3)22-14(20)18-8-10(9-18)16-12-7-5-6-11(17-12)13(19)21-4/h5-7,10H,8-9H2,1-4H3,(H,16,17). The number of rotatable bonds is 3. The minimum absolute atomic E-state index is 0.0907. The van der Waals surface area contributed by atoms with E-state index in [0.29, 0.717) is 18.9 Å². The highest BCUT2D eigenvalue weighted by atomic mass is 16.6. The first-order valence-electron chi connectivity index (χ1n) is 7.08. The zero-order valence-electron chi connectivity index (χ0n) is 13.3. The van der Waals surface area contributed by atoms with E-state index in [1.165, 1.54) is 7.11 Å². The van der Waals surface area contributed by atoms with Crippen molar-refractivity contribution in [2.45, 2.75) is 32.4 Å². The number of carbonyl (C=O) groups excluding carboxylic acids is 2. The molecule has 2 heterocycles. The van der Waals surface area contributed by atoms with Gasteiger partial charge in [-0.2, -0.15) is 0 Å². The first-order valence-corrected chi connectivity index (χ1v) is 7.08. The van der Waals surface area contributed by atoms with Crippen molar-refractivity contribution in [3.8, 4) is 0 Å². The van der Waals surface area contributed by atoms with Crippen LogP contribution in [0.4, 0.5) is 10.6 Å². The molecular formula is C15H21N3O4. The van der Waals surface area contributed by atoms with E-state index >= 15 is 0 Å². The van der Waals surface area contributed by atoms with E-state index in [0.717, 1.165) is 0 Å². The van der Waals surface area contributed by atoms with Gasteiger partial charge in [0.05, 0.1) is 13.2 Å². The Labute approximate surface area is 129 Å². The Morgan fingerprint density at radius 2 is 2.00 bits per heavy atom. The van der Waals surface area contributed by atoms with Gasteiger partial charge in [-0.1, -0.05) is 6.07 Å². The predicted molar refractivity (Wildman–Crippen MR) is 80.8 cm³/mol. The number of carbonyl (C=O) groups is 2. The Morgan fingerprint density at radius 3 is 2.59 bits per heavy atom. The zero-order valence-corrected chi connectivity index (χ0v) is 13.3. The monoisotopic (exact) mass is 307 g/mol. The zero-order chi connectivity index (χ0) is 16.3.